The minimum absolute atomic E-state index is 0.0218. The van der Waals surface area contributed by atoms with Crippen molar-refractivity contribution < 1.29 is 18.0 Å². The molecule has 0 heterocycles. The fraction of sp³-hybridized carbons (Fsp3) is 0.257. The first-order valence-corrected chi connectivity index (χ1v) is 16.4. The summed E-state index contributed by atoms with van der Waals surface area (Å²) in [4.78, 5) is 29.9. The van der Waals surface area contributed by atoms with Crippen LogP contribution in [-0.4, -0.2) is 43.8 Å². The molecule has 4 aromatic rings. The predicted molar refractivity (Wildman–Crippen MR) is 176 cm³/mol. The molecule has 7 nitrogen and oxygen atoms in total. The highest BCUT2D eigenvalue weighted by molar-refractivity contribution is 7.92. The van der Waals surface area contributed by atoms with Crippen molar-refractivity contribution in [1.29, 1.82) is 0 Å². The monoisotopic (exact) mass is 631 g/mol. The van der Waals surface area contributed by atoms with Gasteiger partial charge in [-0.05, 0) is 61.2 Å². The number of sulfonamides is 1. The maximum atomic E-state index is 14.5. The first-order valence-electron chi connectivity index (χ1n) is 14.6. The van der Waals surface area contributed by atoms with Gasteiger partial charge in [0.15, 0.2) is 0 Å². The summed E-state index contributed by atoms with van der Waals surface area (Å²) in [5.41, 5.74) is 2.85. The summed E-state index contributed by atoms with van der Waals surface area (Å²) in [6.07, 6.45) is 0.962. The Labute approximate surface area is 265 Å². The second-order valence-corrected chi connectivity index (χ2v) is 13.0. The third-order valence-electron chi connectivity index (χ3n) is 7.61. The number of carbonyl (C=O) groups is 2. The van der Waals surface area contributed by atoms with Crippen LogP contribution in [0.15, 0.2) is 114 Å². The Morgan fingerprint density at radius 3 is 2.07 bits per heavy atom. The van der Waals surface area contributed by atoms with Crippen molar-refractivity contribution >= 4 is 39.1 Å². The molecule has 230 valence electrons. The molecule has 0 radical (unpaired) electrons. The average Bonchev–Trinajstić information content (AvgIpc) is 3.03. The Bertz CT molecular complexity index is 1670. The van der Waals surface area contributed by atoms with Gasteiger partial charge < -0.3 is 10.2 Å². The number of amides is 2. The lowest BCUT2D eigenvalue weighted by atomic mass is 10.0. The maximum Gasteiger partial charge on any atom is 0.264 e. The first kappa shape index (κ1) is 32.8. The van der Waals surface area contributed by atoms with Crippen molar-refractivity contribution in [3.8, 4) is 0 Å². The molecule has 0 bridgehead atoms. The van der Waals surface area contributed by atoms with Crippen molar-refractivity contribution in [3.63, 3.8) is 0 Å². The summed E-state index contributed by atoms with van der Waals surface area (Å²) in [6, 6.07) is 30.5. The van der Waals surface area contributed by atoms with Crippen molar-refractivity contribution in [3.05, 3.63) is 131 Å². The predicted octanol–water partition coefficient (Wildman–Crippen LogP) is 6.40. The van der Waals surface area contributed by atoms with Crippen LogP contribution >= 0.6 is 11.6 Å². The van der Waals surface area contributed by atoms with Crippen LogP contribution < -0.4 is 9.62 Å². The summed E-state index contributed by atoms with van der Waals surface area (Å²) in [5, 5.41) is 3.23. The van der Waals surface area contributed by atoms with Gasteiger partial charge in [0.25, 0.3) is 10.0 Å². The topological polar surface area (TPSA) is 86.8 Å². The number of nitrogens with one attached hydrogen (secondary N) is 1. The van der Waals surface area contributed by atoms with E-state index in [-0.39, 0.29) is 40.5 Å². The lowest BCUT2D eigenvalue weighted by molar-refractivity contribution is -0.140. The number of anilines is 1. The maximum absolute atomic E-state index is 14.5. The van der Waals surface area contributed by atoms with Crippen LogP contribution in [0.4, 0.5) is 5.69 Å². The van der Waals surface area contributed by atoms with E-state index in [0.29, 0.717) is 6.42 Å². The molecule has 0 aliphatic carbocycles. The van der Waals surface area contributed by atoms with Gasteiger partial charge in [-0.2, -0.15) is 0 Å². The van der Waals surface area contributed by atoms with Gasteiger partial charge >= 0.3 is 0 Å². The number of hydrogen-bond donors (Lipinski definition) is 1. The highest BCUT2D eigenvalue weighted by Gasteiger charge is 2.35. The fourth-order valence-corrected chi connectivity index (χ4v) is 6.60. The molecule has 44 heavy (non-hydrogen) atoms. The lowest BCUT2D eigenvalue weighted by Gasteiger charge is -2.34. The molecule has 9 heteroatoms. The van der Waals surface area contributed by atoms with Crippen LogP contribution in [0.5, 0.6) is 0 Å². The molecule has 0 saturated heterocycles. The van der Waals surface area contributed by atoms with E-state index in [1.54, 1.807) is 42.5 Å². The third kappa shape index (κ3) is 8.07. The van der Waals surface area contributed by atoms with E-state index in [4.69, 9.17) is 11.6 Å². The van der Waals surface area contributed by atoms with Crippen molar-refractivity contribution in [2.75, 3.05) is 10.8 Å². The van der Waals surface area contributed by atoms with Crippen molar-refractivity contribution in [2.45, 2.75) is 57.1 Å². The van der Waals surface area contributed by atoms with Gasteiger partial charge in [-0.15, -0.1) is 0 Å². The van der Waals surface area contributed by atoms with E-state index in [9.17, 15) is 18.0 Å². The quantitative estimate of drug-likeness (QED) is 0.185. The van der Waals surface area contributed by atoms with Gasteiger partial charge in [0.2, 0.25) is 11.8 Å². The standard InChI is InChI=1S/C35H38ClN3O4S/c1-4-27(3)37-35(41)33(23-28-16-7-5-8-17-28)38(24-29-18-12-11-15-26(29)2)34(40)25-39(32-22-14-13-21-31(32)36)44(42,43)30-19-9-6-10-20-30/h5-22,27,33H,4,23-25H2,1-3H3,(H,37,41). The van der Waals surface area contributed by atoms with Crippen LogP contribution in [0.3, 0.4) is 0 Å². The molecule has 1 N–H and O–H groups in total. The van der Waals surface area contributed by atoms with Gasteiger partial charge in [-0.3, -0.25) is 13.9 Å². The van der Waals surface area contributed by atoms with E-state index < -0.39 is 28.5 Å². The number of rotatable bonds is 13. The van der Waals surface area contributed by atoms with E-state index in [1.165, 1.54) is 17.0 Å². The van der Waals surface area contributed by atoms with Crippen LogP contribution in [0.2, 0.25) is 5.02 Å². The van der Waals surface area contributed by atoms with Gasteiger partial charge in [0, 0.05) is 19.0 Å². The van der Waals surface area contributed by atoms with E-state index >= 15 is 0 Å². The zero-order valence-electron chi connectivity index (χ0n) is 25.2. The largest absolute Gasteiger partial charge is 0.352 e. The highest BCUT2D eigenvalue weighted by Crippen LogP contribution is 2.31. The normalized spacial score (nSPS) is 12.6. The molecule has 4 rings (SSSR count). The Hall–Kier alpha value is -4.14. The number of aryl methyl sites for hydroxylation is 1. The van der Waals surface area contributed by atoms with Crippen molar-refractivity contribution in [2.24, 2.45) is 0 Å². The third-order valence-corrected chi connectivity index (χ3v) is 9.70. The summed E-state index contributed by atoms with van der Waals surface area (Å²) in [6.45, 7) is 5.38. The number of benzene rings is 4. The van der Waals surface area contributed by atoms with Gasteiger partial charge in [-0.1, -0.05) is 103 Å². The summed E-state index contributed by atoms with van der Waals surface area (Å²) in [7, 11) is -4.21. The van der Waals surface area contributed by atoms with Crippen LogP contribution in [0.1, 0.15) is 37.0 Å². The zero-order chi connectivity index (χ0) is 31.7. The van der Waals surface area contributed by atoms with Gasteiger partial charge in [0.05, 0.1) is 15.6 Å². The minimum atomic E-state index is -4.21. The van der Waals surface area contributed by atoms with E-state index in [1.807, 2.05) is 75.4 Å². The fourth-order valence-electron chi connectivity index (χ4n) is 4.85. The molecule has 2 atom stereocenters. The SMILES string of the molecule is CCC(C)NC(=O)C(Cc1ccccc1)N(Cc1ccccc1C)C(=O)CN(c1ccccc1Cl)S(=O)(=O)c1ccccc1. The van der Waals surface area contributed by atoms with E-state index in [2.05, 4.69) is 5.32 Å². The smallest absolute Gasteiger partial charge is 0.264 e. The molecular formula is C35H38ClN3O4S. The Morgan fingerprint density at radius 1 is 0.841 bits per heavy atom. The van der Waals surface area contributed by atoms with Gasteiger partial charge in [-0.25, -0.2) is 8.42 Å². The van der Waals surface area contributed by atoms with E-state index in [0.717, 1.165) is 21.0 Å². The molecule has 0 aliphatic heterocycles. The molecule has 0 spiro atoms. The molecule has 0 fully saturated rings. The number of nitrogens with zero attached hydrogens (tertiary/aromatic N) is 2. The molecule has 0 aromatic heterocycles. The summed E-state index contributed by atoms with van der Waals surface area (Å²) >= 11 is 6.52. The summed E-state index contributed by atoms with van der Waals surface area (Å²) < 4.78 is 29.1. The Kier molecular flexibility index (Phi) is 11.2. The Balaban J connectivity index is 1.82. The van der Waals surface area contributed by atoms with Gasteiger partial charge in [0.1, 0.15) is 12.6 Å². The molecule has 2 unspecified atom stereocenters. The highest BCUT2D eigenvalue weighted by atomic mass is 35.5. The molecule has 4 aromatic carbocycles. The zero-order valence-corrected chi connectivity index (χ0v) is 26.8. The molecule has 0 saturated carbocycles. The van der Waals surface area contributed by atoms with Crippen LogP contribution in [0.25, 0.3) is 0 Å². The summed E-state index contributed by atoms with van der Waals surface area (Å²) in [5.74, 6) is -0.840. The van der Waals surface area contributed by atoms with Crippen LogP contribution in [0, 0.1) is 6.92 Å². The first-order chi connectivity index (χ1) is 21.1. The number of carbonyl (C=O) groups excluding carboxylic acids is 2. The Morgan fingerprint density at radius 2 is 1.43 bits per heavy atom. The second-order valence-electron chi connectivity index (χ2n) is 10.7. The lowest BCUT2D eigenvalue weighted by Crippen LogP contribution is -2.54. The number of hydrogen-bond acceptors (Lipinski definition) is 4. The average molecular weight is 632 g/mol. The number of halogens is 1. The van der Waals surface area contributed by atoms with Crippen LogP contribution in [-0.2, 0) is 32.6 Å². The molecule has 2 amide bonds. The number of para-hydroxylation sites is 1. The molecular weight excluding hydrogens is 594 g/mol. The second kappa shape index (κ2) is 15.0. The van der Waals surface area contributed by atoms with Crippen molar-refractivity contribution in [1.82, 2.24) is 10.2 Å². The molecule has 0 aliphatic rings. The minimum Gasteiger partial charge on any atom is -0.352 e.